The maximum atomic E-state index is 6.08. The number of nitrogens with zero attached hydrogens (tertiary/aromatic N) is 5. The van der Waals surface area contributed by atoms with Crippen LogP contribution in [0.15, 0.2) is 5.38 Å². The van der Waals surface area contributed by atoms with Gasteiger partial charge >= 0.3 is 0 Å². The van der Waals surface area contributed by atoms with Gasteiger partial charge in [0.05, 0.1) is 28.8 Å². The van der Waals surface area contributed by atoms with Crippen molar-refractivity contribution in [1.29, 1.82) is 0 Å². The Morgan fingerprint density at radius 3 is 2.76 bits per heavy atom. The summed E-state index contributed by atoms with van der Waals surface area (Å²) in [5, 5.41) is 7.76. The molecule has 0 N–H and O–H groups in total. The number of hydrogen-bond donors (Lipinski definition) is 0. The molecule has 0 amide bonds. The third kappa shape index (κ3) is 2.58. The molecule has 0 saturated carbocycles. The van der Waals surface area contributed by atoms with E-state index in [1.165, 1.54) is 0 Å². The number of aryl methyl sites for hydroxylation is 3. The lowest BCUT2D eigenvalue weighted by molar-refractivity contribution is 0.687. The van der Waals surface area contributed by atoms with Gasteiger partial charge in [-0.05, 0) is 13.3 Å². The summed E-state index contributed by atoms with van der Waals surface area (Å²) in [4.78, 5) is 9.23. The van der Waals surface area contributed by atoms with Crippen molar-refractivity contribution >= 4 is 34.1 Å². The van der Waals surface area contributed by atoms with Gasteiger partial charge in [-0.1, -0.05) is 13.3 Å². The predicted molar refractivity (Wildman–Crippen MR) is 86.0 cm³/mol. The van der Waals surface area contributed by atoms with Gasteiger partial charge in [0.2, 0.25) is 0 Å². The maximum absolute atomic E-state index is 6.08. The van der Waals surface area contributed by atoms with Crippen LogP contribution in [0.3, 0.4) is 0 Å². The van der Waals surface area contributed by atoms with Crippen LogP contribution in [-0.4, -0.2) is 24.3 Å². The number of hydrogen-bond acceptors (Lipinski definition) is 4. The molecule has 0 bridgehead atoms. The van der Waals surface area contributed by atoms with Crippen LogP contribution in [0.1, 0.15) is 35.6 Å². The zero-order chi connectivity index (χ0) is 15.0. The smallest absolute Gasteiger partial charge is 0.159 e. The standard InChI is InChI=1S/C14H18ClN5S/c1-4-5-11-13-14(19(3)18-11)20(12(6-15)17-13)7-10-8-21-9(2)16-10/h8H,4-7H2,1-3H3. The SMILES string of the molecule is CCCc1nn(C)c2c1nc(CCl)n2Cc1csc(C)n1. The van der Waals surface area contributed by atoms with Gasteiger partial charge in [-0.25, -0.2) is 9.97 Å². The number of alkyl halides is 1. The van der Waals surface area contributed by atoms with Gasteiger partial charge in [-0.15, -0.1) is 22.9 Å². The lowest BCUT2D eigenvalue weighted by atomic mass is 10.2. The van der Waals surface area contributed by atoms with Crippen molar-refractivity contribution < 1.29 is 0 Å². The second-order valence-corrected chi connectivity index (χ2v) is 6.43. The van der Waals surface area contributed by atoms with Crippen molar-refractivity contribution in [2.24, 2.45) is 7.05 Å². The first-order valence-electron chi connectivity index (χ1n) is 7.02. The van der Waals surface area contributed by atoms with Crippen molar-refractivity contribution in [3.63, 3.8) is 0 Å². The fourth-order valence-corrected chi connectivity index (χ4v) is 3.41. The van der Waals surface area contributed by atoms with Gasteiger partial charge in [-0.2, -0.15) is 5.10 Å². The molecule has 0 aliphatic heterocycles. The largest absolute Gasteiger partial charge is 0.306 e. The fourth-order valence-electron chi connectivity index (χ4n) is 2.60. The van der Waals surface area contributed by atoms with Crippen LogP contribution in [0.2, 0.25) is 0 Å². The molecule has 5 nitrogen and oxygen atoms in total. The van der Waals surface area contributed by atoms with Gasteiger partial charge in [0.15, 0.2) is 5.65 Å². The van der Waals surface area contributed by atoms with E-state index < -0.39 is 0 Å². The topological polar surface area (TPSA) is 48.5 Å². The molecule has 0 atom stereocenters. The molecule has 0 fully saturated rings. The molecule has 0 spiro atoms. The van der Waals surface area contributed by atoms with Crippen LogP contribution in [0.25, 0.3) is 11.2 Å². The molecular formula is C14H18ClN5S. The lowest BCUT2D eigenvalue weighted by Gasteiger charge is -2.06. The van der Waals surface area contributed by atoms with E-state index in [2.05, 4.69) is 27.0 Å². The van der Waals surface area contributed by atoms with Crippen molar-refractivity contribution in [2.75, 3.05) is 0 Å². The van der Waals surface area contributed by atoms with E-state index in [0.717, 1.165) is 46.2 Å². The molecule has 0 aromatic carbocycles. The molecule has 112 valence electrons. The van der Waals surface area contributed by atoms with Crippen LogP contribution < -0.4 is 0 Å². The monoisotopic (exact) mass is 323 g/mol. The van der Waals surface area contributed by atoms with E-state index in [4.69, 9.17) is 16.6 Å². The second-order valence-electron chi connectivity index (χ2n) is 5.10. The summed E-state index contributed by atoms with van der Waals surface area (Å²) in [6, 6.07) is 0. The van der Waals surface area contributed by atoms with Crippen molar-refractivity contribution in [3.8, 4) is 0 Å². The summed E-state index contributed by atoms with van der Waals surface area (Å²) in [5.74, 6) is 1.27. The molecule has 3 aromatic rings. The average molecular weight is 324 g/mol. The zero-order valence-corrected chi connectivity index (χ0v) is 14.0. The Morgan fingerprint density at radius 1 is 1.33 bits per heavy atom. The number of imidazole rings is 1. The molecule has 0 aliphatic rings. The molecule has 21 heavy (non-hydrogen) atoms. The van der Waals surface area contributed by atoms with Crippen molar-refractivity contribution in [1.82, 2.24) is 24.3 Å². The van der Waals surface area contributed by atoms with E-state index in [1.54, 1.807) is 11.3 Å². The van der Waals surface area contributed by atoms with E-state index >= 15 is 0 Å². The average Bonchev–Trinajstić information content (AvgIpc) is 3.09. The minimum Gasteiger partial charge on any atom is -0.306 e. The Bertz CT molecular complexity index is 770. The first kappa shape index (κ1) is 14.5. The Kier molecular flexibility index (Phi) is 3.99. The third-order valence-corrected chi connectivity index (χ3v) is 4.52. The predicted octanol–water partition coefficient (Wildman–Crippen LogP) is 3.27. The number of rotatable bonds is 5. The van der Waals surface area contributed by atoms with E-state index in [-0.39, 0.29) is 0 Å². The summed E-state index contributed by atoms with van der Waals surface area (Å²) < 4.78 is 4.03. The molecule has 0 unspecified atom stereocenters. The highest BCUT2D eigenvalue weighted by Gasteiger charge is 2.19. The van der Waals surface area contributed by atoms with E-state index in [9.17, 15) is 0 Å². The van der Waals surface area contributed by atoms with Gasteiger partial charge in [0.1, 0.15) is 11.3 Å². The Morgan fingerprint density at radius 2 is 2.14 bits per heavy atom. The third-order valence-electron chi connectivity index (χ3n) is 3.46. The Balaban J connectivity index is 2.11. The quantitative estimate of drug-likeness (QED) is 0.677. The molecule has 0 aliphatic carbocycles. The molecule has 3 rings (SSSR count). The molecular weight excluding hydrogens is 306 g/mol. The number of aromatic nitrogens is 5. The van der Waals surface area contributed by atoms with Gasteiger partial charge in [0.25, 0.3) is 0 Å². The van der Waals surface area contributed by atoms with Gasteiger partial charge in [0, 0.05) is 12.4 Å². The Hall–Kier alpha value is -1.40. The van der Waals surface area contributed by atoms with Crippen LogP contribution in [0, 0.1) is 6.92 Å². The summed E-state index contributed by atoms with van der Waals surface area (Å²) >= 11 is 7.75. The van der Waals surface area contributed by atoms with Crippen LogP contribution in [0.5, 0.6) is 0 Å². The van der Waals surface area contributed by atoms with Crippen LogP contribution in [0.4, 0.5) is 0 Å². The number of halogens is 1. The summed E-state index contributed by atoms with van der Waals surface area (Å²) in [7, 11) is 1.96. The van der Waals surface area contributed by atoms with Gasteiger partial charge in [-0.3, -0.25) is 4.68 Å². The molecule has 0 saturated heterocycles. The minimum atomic E-state index is 0.392. The fraction of sp³-hybridized carbons (Fsp3) is 0.500. The van der Waals surface area contributed by atoms with Crippen molar-refractivity contribution in [2.45, 2.75) is 39.1 Å². The normalized spacial score (nSPS) is 11.6. The zero-order valence-electron chi connectivity index (χ0n) is 12.4. The molecule has 3 aromatic heterocycles. The van der Waals surface area contributed by atoms with Crippen LogP contribution >= 0.6 is 22.9 Å². The van der Waals surface area contributed by atoms with Crippen LogP contribution in [-0.2, 0) is 25.9 Å². The van der Waals surface area contributed by atoms with Gasteiger partial charge < -0.3 is 4.57 Å². The number of fused-ring (bicyclic) bond motifs is 1. The summed E-state index contributed by atoms with van der Waals surface area (Å²) in [6.07, 6.45) is 1.99. The minimum absolute atomic E-state index is 0.392. The first-order chi connectivity index (χ1) is 10.1. The van der Waals surface area contributed by atoms with E-state index in [0.29, 0.717) is 12.4 Å². The molecule has 7 heteroatoms. The summed E-state index contributed by atoms with van der Waals surface area (Å²) in [6.45, 7) is 4.86. The maximum Gasteiger partial charge on any atom is 0.159 e. The lowest BCUT2D eigenvalue weighted by Crippen LogP contribution is -2.08. The first-order valence-corrected chi connectivity index (χ1v) is 8.43. The second kappa shape index (κ2) is 5.77. The molecule has 0 radical (unpaired) electrons. The highest BCUT2D eigenvalue weighted by molar-refractivity contribution is 7.09. The number of thiazole rings is 1. The molecule has 3 heterocycles. The summed E-state index contributed by atoms with van der Waals surface area (Å²) in [5.41, 5.74) is 4.10. The highest BCUT2D eigenvalue weighted by atomic mass is 35.5. The van der Waals surface area contributed by atoms with Crippen molar-refractivity contribution in [3.05, 3.63) is 27.6 Å². The highest BCUT2D eigenvalue weighted by Crippen LogP contribution is 2.23. The van der Waals surface area contributed by atoms with E-state index in [1.807, 2.05) is 18.7 Å². The Labute approximate surface area is 132 Å².